The fourth-order valence-corrected chi connectivity index (χ4v) is 5.63. The van der Waals surface area contributed by atoms with Crippen LogP contribution in [0.5, 0.6) is 0 Å². The summed E-state index contributed by atoms with van der Waals surface area (Å²) in [7, 11) is -3.65. The number of carbonyl (C=O) groups is 2. The molecule has 0 aliphatic carbocycles. The fraction of sp³-hybridized carbons (Fsp3) is 0.500. The van der Waals surface area contributed by atoms with Crippen LogP contribution in [0.4, 0.5) is 0 Å². The smallest absolute Gasteiger partial charge is 0.287 e. The van der Waals surface area contributed by atoms with Gasteiger partial charge in [0.2, 0.25) is 10.0 Å². The fourth-order valence-electron chi connectivity index (χ4n) is 3.95. The molecule has 0 spiro atoms. The Labute approximate surface area is 175 Å². The van der Waals surface area contributed by atoms with Crippen LogP contribution in [0.2, 0.25) is 0 Å². The van der Waals surface area contributed by atoms with E-state index in [9.17, 15) is 18.0 Å². The summed E-state index contributed by atoms with van der Waals surface area (Å²) >= 11 is 0. The van der Waals surface area contributed by atoms with Crippen molar-refractivity contribution in [2.45, 2.75) is 43.5 Å². The third kappa shape index (κ3) is 4.01. The zero-order valence-electron chi connectivity index (χ0n) is 16.8. The van der Waals surface area contributed by atoms with Gasteiger partial charge in [0, 0.05) is 38.3 Å². The Balaban J connectivity index is 1.36. The second-order valence-electron chi connectivity index (χ2n) is 7.69. The van der Waals surface area contributed by atoms with E-state index < -0.39 is 15.9 Å². The van der Waals surface area contributed by atoms with Gasteiger partial charge in [0.1, 0.15) is 16.9 Å². The molecular formula is C20H25N3O6S. The molecule has 0 unspecified atom stereocenters. The highest BCUT2D eigenvalue weighted by Gasteiger charge is 2.32. The molecule has 9 nitrogen and oxygen atoms in total. The zero-order chi connectivity index (χ0) is 21.3. The first-order chi connectivity index (χ1) is 14.4. The van der Waals surface area contributed by atoms with E-state index in [0.717, 1.165) is 12.8 Å². The lowest BCUT2D eigenvalue weighted by atomic mass is 10.0. The van der Waals surface area contributed by atoms with Crippen LogP contribution >= 0.6 is 0 Å². The number of hydrogen-bond acceptors (Lipinski definition) is 6. The number of nitrogens with zero attached hydrogens (tertiary/aromatic N) is 2. The van der Waals surface area contributed by atoms with Crippen LogP contribution in [0, 0.1) is 6.92 Å². The van der Waals surface area contributed by atoms with Crippen LogP contribution in [0.3, 0.4) is 0 Å². The highest BCUT2D eigenvalue weighted by atomic mass is 32.2. The van der Waals surface area contributed by atoms with E-state index in [-0.39, 0.29) is 28.4 Å². The number of furan rings is 2. The number of aryl methyl sites for hydroxylation is 1. The normalized spacial score (nSPS) is 18.6. The Morgan fingerprint density at radius 1 is 1.13 bits per heavy atom. The molecule has 10 heteroatoms. The molecule has 2 amide bonds. The van der Waals surface area contributed by atoms with Gasteiger partial charge in [0.05, 0.1) is 11.8 Å². The number of nitrogens with one attached hydrogen (secondary N) is 1. The standard InChI is InChI=1S/C20H25N3O6S/c1-14-18(30(26,27)23-7-2-3-8-23)12-17(29-14)19(24)21-16-4-9-22(10-5-16)20(25)15-6-11-28-13-15/h6,11-13,16H,2-5,7-10H2,1H3,(H,21,24). The second kappa shape index (κ2) is 8.27. The minimum Gasteiger partial charge on any atom is -0.472 e. The molecule has 2 aromatic rings. The van der Waals surface area contributed by atoms with Gasteiger partial charge in [-0.25, -0.2) is 8.42 Å². The molecule has 2 saturated heterocycles. The molecule has 0 bridgehead atoms. The average Bonchev–Trinajstić information content (AvgIpc) is 3.49. The first-order valence-electron chi connectivity index (χ1n) is 10.1. The molecule has 2 aliphatic heterocycles. The maximum absolute atomic E-state index is 12.8. The van der Waals surface area contributed by atoms with Gasteiger partial charge in [-0.05, 0) is 38.7 Å². The van der Waals surface area contributed by atoms with Crippen molar-refractivity contribution in [2.75, 3.05) is 26.2 Å². The van der Waals surface area contributed by atoms with Crippen molar-refractivity contribution >= 4 is 21.8 Å². The monoisotopic (exact) mass is 435 g/mol. The predicted octanol–water partition coefficient (Wildman–Crippen LogP) is 2.00. The highest BCUT2D eigenvalue weighted by molar-refractivity contribution is 7.89. The average molecular weight is 436 g/mol. The van der Waals surface area contributed by atoms with Crippen LogP contribution in [0.15, 0.2) is 38.4 Å². The van der Waals surface area contributed by atoms with Gasteiger partial charge in [0.25, 0.3) is 11.8 Å². The van der Waals surface area contributed by atoms with Gasteiger partial charge < -0.3 is 19.1 Å². The number of amides is 2. The van der Waals surface area contributed by atoms with E-state index in [1.165, 1.54) is 22.9 Å². The first kappa shape index (κ1) is 20.7. The van der Waals surface area contributed by atoms with E-state index >= 15 is 0 Å². The van der Waals surface area contributed by atoms with Crippen molar-refractivity contribution in [3.63, 3.8) is 0 Å². The first-order valence-corrected chi connectivity index (χ1v) is 11.5. The summed E-state index contributed by atoms with van der Waals surface area (Å²) in [6.45, 7) is 3.57. The Hall–Kier alpha value is -2.59. The second-order valence-corrected chi connectivity index (χ2v) is 9.60. The summed E-state index contributed by atoms with van der Waals surface area (Å²) in [6.07, 6.45) is 5.77. The largest absolute Gasteiger partial charge is 0.472 e. The number of likely N-dealkylation sites (tertiary alicyclic amines) is 1. The number of sulfonamides is 1. The van der Waals surface area contributed by atoms with Crippen molar-refractivity contribution in [3.8, 4) is 0 Å². The summed E-state index contributed by atoms with van der Waals surface area (Å²) < 4.78 is 37.4. The minimum absolute atomic E-state index is 0.0119. The molecule has 2 aromatic heterocycles. The van der Waals surface area contributed by atoms with E-state index in [0.29, 0.717) is 44.6 Å². The molecule has 30 heavy (non-hydrogen) atoms. The molecule has 2 aliphatic rings. The third-order valence-corrected chi connectivity index (χ3v) is 7.67. The third-order valence-electron chi connectivity index (χ3n) is 5.66. The molecule has 0 aromatic carbocycles. The molecule has 0 saturated carbocycles. The summed E-state index contributed by atoms with van der Waals surface area (Å²) in [6, 6.07) is 2.83. The van der Waals surface area contributed by atoms with Gasteiger partial charge in [-0.2, -0.15) is 4.31 Å². The minimum atomic E-state index is -3.65. The predicted molar refractivity (Wildman–Crippen MR) is 107 cm³/mol. The van der Waals surface area contributed by atoms with Crippen LogP contribution in [-0.4, -0.2) is 61.7 Å². The van der Waals surface area contributed by atoms with Crippen molar-refractivity contribution in [3.05, 3.63) is 41.7 Å². The Bertz CT molecular complexity index is 1010. The SMILES string of the molecule is Cc1oc(C(=O)NC2CCN(C(=O)c3ccoc3)CC2)cc1S(=O)(=O)N1CCCC1. The number of piperidine rings is 1. The number of hydrogen-bond donors (Lipinski definition) is 1. The molecule has 4 rings (SSSR count). The molecule has 0 atom stereocenters. The molecule has 1 N–H and O–H groups in total. The topological polar surface area (TPSA) is 113 Å². The van der Waals surface area contributed by atoms with Gasteiger partial charge >= 0.3 is 0 Å². The summed E-state index contributed by atoms with van der Waals surface area (Å²) in [5.41, 5.74) is 0.510. The molecular weight excluding hydrogens is 410 g/mol. The molecule has 162 valence electrons. The lowest BCUT2D eigenvalue weighted by Crippen LogP contribution is -2.46. The van der Waals surface area contributed by atoms with Crippen LogP contribution < -0.4 is 5.32 Å². The maximum Gasteiger partial charge on any atom is 0.287 e. The van der Waals surface area contributed by atoms with Gasteiger partial charge in [0.15, 0.2) is 5.76 Å². The Morgan fingerprint density at radius 2 is 1.83 bits per heavy atom. The lowest BCUT2D eigenvalue weighted by Gasteiger charge is -2.32. The highest BCUT2D eigenvalue weighted by Crippen LogP contribution is 2.26. The van der Waals surface area contributed by atoms with Crippen LogP contribution in [0.25, 0.3) is 0 Å². The van der Waals surface area contributed by atoms with Crippen molar-refractivity contribution < 1.29 is 26.8 Å². The van der Waals surface area contributed by atoms with Gasteiger partial charge in [-0.1, -0.05) is 0 Å². The molecule has 0 radical (unpaired) electrons. The number of carbonyl (C=O) groups excluding carboxylic acids is 2. The van der Waals surface area contributed by atoms with E-state index in [2.05, 4.69) is 5.32 Å². The number of rotatable bonds is 5. The summed E-state index contributed by atoms with van der Waals surface area (Å²) in [4.78, 5) is 26.8. The van der Waals surface area contributed by atoms with E-state index in [4.69, 9.17) is 8.83 Å². The molecule has 4 heterocycles. The maximum atomic E-state index is 12.8. The zero-order valence-corrected chi connectivity index (χ0v) is 17.6. The van der Waals surface area contributed by atoms with Crippen molar-refractivity contribution in [1.82, 2.24) is 14.5 Å². The van der Waals surface area contributed by atoms with E-state index in [1.54, 1.807) is 17.9 Å². The van der Waals surface area contributed by atoms with Crippen LogP contribution in [0.1, 0.15) is 52.4 Å². The Morgan fingerprint density at radius 3 is 2.47 bits per heavy atom. The molecule has 2 fully saturated rings. The van der Waals surface area contributed by atoms with Crippen LogP contribution in [-0.2, 0) is 10.0 Å². The Kier molecular flexibility index (Phi) is 5.70. The van der Waals surface area contributed by atoms with Gasteiger partial charge in [-0.3, -0.25) is 9.59 Å². The van der Waals surface area contributed by atoms with Crippen molar-refractivity contribution in [1.29, 1.82) is 0 Å². The summed E-state index contributed by atoms with van der Waals surface area (Å²) in [5, 5.41) is 2.89. The van der Waals surface area contributed by atoms with Crippen molar-refractivity contribution in [2.24, 2.45) is 0 Å². The lowest BCUT2D eigenvalue weighted by molar-refractivity contribution is 0.0695. The summed E-state index contributed by atoms with van der Waals surface area (Å²) in [5.74, 6) is -0.331. The van der Waals surface area contributed by atoms with E-state index in [1.807, 2.05) is 0 Å². The quantitative estimate of drug-likeness (QED) is 0.769. The van der Waals surface area contributed by atoms with Gasteiger partial charge in [-0.15, -0.1) is 0 Å².